The van der Waals surface area contributed by atoms with Crippen LogP contribution in [-0.2, 0) is 4.74 Å². The molecular weight excluding hydrogens is 157 g/mol. The summed E-state index contributed by atoms with van der Waals surface area (Å²) in [5, 5.41) is 0. The van der Waals surface area contributed by atoms with E-state index in [4.69, 9.17) is 4.74 Å². The van der Waals surface area contributed by atoms with Crippen molar-refractivity contribution in [2.45, 2.75) is 32.5 Å². The third kappa shape index (κ3) is 2.72. The minimum Gasteiger partial charge on any atom is -0.379 e. The van der Waals surface area contributed by atoms with Crippen LogP contribution in [0, 0.1) is 0 Å². The van der Waals surface area contributed by atoms with E-state index in [1.165, 1.54) is 0 Å². The molecule has 2 unspecified atom stereocenters. The molecular formula is C9H18FNO. The first-order chi connectivity index (χ1) is 5.74. The van der Waals surface area contributed by atoms with E-state index in [0.29, 0.717) is 19.0 Å². The van der Waals surface area contributed by atoms with Gasteiger partial charge in [0.1, 0.15) is 6.17 Å². The molecule has 1 aliphatic heterocycles. The van der Waals surface area contributed by atoms with Crippen LogP contribution >= 0.6 is 0 Å². The zero-order valence-electron chi connectivity index (χ0n) is 7.92. The zero-order chi connectivity index (χ0) is 8.97. The molecule has 0 radical (unpaired) electrons. The molecule has 0 aromatic carbocycles. The SMILES string of the molecule is CCC(F)CN1CCOCC1C. The standard InChI is InChI=1S/C9H18FNO/c1-3-9(10)6-11-4-5-12-7-8(11)2/h8-9H,3-7H2,1-2H3. The van der Waals surface area contributed by atoms with Crippen LogP contribution < -0.4 is 0 Å². The normalized spacial score (nSPS) is 28.8. The van der Waals surface area contributed by atoms with Crippen molar-refractivity contribution in [3.63, 3.8) is 0 Å². The molecule has 1 saturated heterocycles. The summed E-state index contributed by atoms with van der Waals surface area (Å²) in [4.78, 5) is 2.16. The topological polar surface area (TPSA) is 12.5 Å². The van der Waals surface area contributed by atoms with Crippen LogP contribution in [0.1, 0.15) is 20.3 Å². The maximum Gasteiger partial charge on any atom is 0.112 e. The molecule has 0 N–H and O–H groups in total. The van der Waals surface area contributed by atoms with Crippen molar-refractivity contribution in [2.75, 3.05) is 26.3 Å². The quantitative estimate of drug-likeness (QED) is 0.644. The highest BCUT2D eigenvalue weighted by Gasteiger charge is 2.20. The van der Waals surface area contributed by atoms with Gasteiger partial charge >= 0.3 is 0 Å². The summed E-state index contributed by atoms with van der Waals surface area (Å²) in [6.45, 7) is 6.91. The van der Waals surface area contributed by atoms with Gasteiger partial charge in [0.2, 0.25) is 0 Å². The lowest BCUT2D eigenvalue weighted by molar-refractivity contribution is -0.0103. The molecule has 1 rings (SSSR count). The Balaban J connectivity index is 2.28. The van der Waals surface area contributed by atoms with Crippen molar-refractivity contribution in [3.8, 4) is 0 Å². The summed E-state index contributed by atoms with van der Waals surface area (Å²) in [5.41, 5.74) is 0. The van der Waals surface area contributed by atoms with Gasteiger partial charge in [-0.2, -0.15) is 0 Å². The van der Waals surface area contributed by atoms with Crippen molar-refractivity contribution in [3.05, 3.63) is 0 Å². The predicted molar refractivity (Wildman–Crippen MR) is 47.0 cm³/mol. The molecule has 3 heteroatoms. The molecule has 72 valence electrons. The fraction of sp³-hybridized carbons (Fsp3) is 1.00. The molecule has 1 heterocycles. The number of nitrogens with zero attached hydrogens (tertiary/aromatic N) is 1. The molecule has 0 saturated carbocycles. The van der Waals surface area contributed by atoms with E-state index in [1.807, 2.05) is 6.92 Å². The first-order valence-corrected chi connectivity index (χ1v) is 4.70. The maximum atomic E-state index is 13.0. The molecule has 0 spiro atoms. The van der Waals surface area contributed by atoms with Gasteiger partial charge in [-0.15, -0.1) is 0 Å². The minimum atomic E-state index is -0.675. The summed E-state index contributed by atoms with van der Waals surface area (Å²) in [6.07, 6.45) is -0.0603. The molecule has 0 aromatic rings. The third-order valence-corrected chi connectivity index (χ3v) is 2.38. The minimum absolute atomic E-state index is 0.378. The van der Waals surface area contributed by atoms with Gasteiger partial charge in [-0.3, -0.25) is 4.90 Å². The Hall–Kier alpha value is -0.150. The van der Waals surface area contributed by atoms with Crippen molar-refractivity contribution in [2.24, 2.45) is 0 Å². The number of hydrogen-bond acceptors (Lipinski definition) is 2. The highest BCUT2D eigenvalue weighted by atomic mass is 19.1. The first-order valence-electron chi connectivity index (χ1n) is 4.70. The summed E-state index contributed by atoms with van der Waals surface area (Å²) in [6, 6.07) is 0.378. The Morgan fingerprint density at radius 1 is 1.67 bits per heavy atom. The van der Waals surface area contributed by atoms with E-state index in [2.05, 4.69) is 11.8 Å². The monoisotopic (exact) mass is 175 g/mol. The predicted octanol–water partition coefficient (Wildman–Crippen LogP) is 1.46. The molecule has 2 atom stereocenters. The summed E-state index contributed by atoms with van der Waals surface area (Å²) < 4.78 is 18.3. The van der Waals surface area contributed by atoms with Crippen LogP contribution in [0.3, 0.4) is 0 Å². The van der Waals surface area contributed by atoms with E-state index in [-0.39, 0.29) is 0 Å². The second kappa shape index (κ2) is 4.77. The Morgan fingerprint density at radius 3 is 3.00 bits per heavy atom. The molecule has 1 fully saturated rings. The van der Waals surface area contributed by atoms with E-state index >= 15 is 0 Å². The van der Waals surface area contributed by atoms with E-state index in [1.54, 1.807) is 0 Å². The van der Waals surface area contributed by atoms with E-state index in [0.717, 1.165) is 19.8 Å². The number of alkyl halides is 1. The molecule has 0 aromatic heterocycles. The number of halogens is 1. The van der Waals surface area contributed by atoms with Crippen LogP contribution in [-0.4, -0.2) is 43.4 Å². The van der Waals surface area contributed by atoms with Crippen molar-refractivity contribution in [1.82, 2.24) is 4.90 Å². The maximum absolute atomic E-state index is 13.0. The molecule has 2 nitrogen and oxygen atoms in total. The van der Waals surface area contributed by atoms with Gasteiger partial charge in [0.05, 0.1) is 13.2 Å². The van der Waals surface area contributed by atoms with Crippen LogP contribution in [0.2, 0.25) is 0 Å². The van der Waals surface area contributed by atoms with Crippen molar-refractivity contribution in [1.29, 1.82) is 0 Å². The molecule has 0 amide bonds. The van der Waals surface area contributed by atoms with Crippen LogP contribution in [0.4, 0.5) is 4.39 Å². The zero-order valence-corrected chi connectivity index (χ0v) is 7.92. The highest BCUT2D eigenvalue weighted by Crippen LogP contribution is 2.09. The van der Waals surface area contributed by atoms with Crippen LogP contribution in [0.5, 0.6) is 0 Å². The second-order valence-electron chi connectivity index (χ2n) is 3.42. The average molecular weight is 175 g/mol. The van der Waals surface area contributed by atoms with Gasteiger partial charge in [0, 0.05) is 19.1 Å². The average Bonchev–Trinajstić information content (AvgIpc) is 2.09. The van der Waals surface area contributed by atoms with Crippen LogP contribution in [0.25, 0.3) is 0 Å². The molecule has 0 bridgehead atoms. The lowest BCUT2D eigenvalue weighted by atomic mass is 10.2. The number of rotatable bonds is 3. The van der Waals surface area contributed by atoms with Gasteiger partial charge < -0.3 is 4.74 Å². The molecule has 0 aliphatic carbocycles. The Bertz CT molecular complexity index is 132. The smallest absolute Gasteiger partial charge is 0.112 e. The number of ether oxygens (including phenoxy) is 1. The summed E-state index contributed by atoms with van der Waals surface area (Å²) in [7, 11) is 0. The van der Waals surface area contributed by atoms with Gasteiger partial charge in [-0.1, -0.05) is 6.92 Å². The Kier molecular flexibility index (Phi) is 3.95. The number of hydrogen-bond donors (Lipinski definition) is 0. The molecule has 12 heavy (non-hydrogen) atoms. The van der Waals surface area contributed by atoms with Gasteiger partial charge in [-0.05, 0) is 13.3 Å². The Morgan fingerprint density at radius 2 is 2.42 bits per heavy atom. The first kappa shape index (κ1) is 9.93. The van der Waals surface area contributed by atoms with Crippen molar-refractivity contribution < 1.29 is 9.13 Å². The third-order valence-electron chi connectivity index (χ3n) is 2.38. The Labute approximate surface area is 73.7 Å². The van der Waals surface area contributed by atoms with Gasteiger partial charge in [0.25, 0.3) is 0 Å². The van der Waals surface area contributed by atoms with Gasteiger partial charge in [0.15, 0.2) is 0 Å². The van der Waals surface area contributed by atoms with Gasteiger partial charge in [-0.25, -0.2) is 4.39 Å². The summed E-state index contributed by atoms with van der Waals surface area (Å²) in [5.74, 6) is 0. The fourth-order valence-electron chi connectivity index (χ4n) is 1.42. The second-order valence-corrected chi connectivity index (χ2v) is 3.42. The lowest BCUT2D eigenvalue weighted by Gasteiger charge is -2.33. The van der Waals surface area contributed by atoms with Crippen molar-refractivity contribution >= 4 is 0 Å². The van der Waals surface area contributed by atoms with Crippen LogP contribution in [0.15, 0.2) is 0 Å². The summed E-state index contributed by atoms with van der Waals surface area (Å²) >= 11 is 0. The fourth-order valence-corrected chi connectivity index (χ4v) is 1.42. The molecule has 1 aliphatic rings. The van der Waals surface area contributed by atoms with E-state index < -0.39 is 6.17 Å². The largest absolute Gasteiger partial charge is 0.379 e. The lowest BCUT2D eigenvalue weighted by Crippen LogP contribution is -2.46. The van der Waals surface area contributed by atoms with E-state index in [9.17, 15) is 4.39 Å². The highest BCUT2D eigenvalue weighted by molar-refractivity contribution is 4.73. The number of morpholine rings is 1.